The highest BCUT2D eigenvalue weighted by Crippen LogP contribution is 2.30. The molecule has 0 radical (unpaired) electrons. The maximum atomic E-state index is 11.5. The third-order valence-electron chi connectivity index (χ3n) is 4.00. The summed E-state index contributed by atoms with van der Waals surface area (Å²) in [6.45, 7) is 1.86. The molecule has 0 bridgehead atoms. The number of carbonyl (C=O) groups excluding carboxylic acids is 1. The molecule has 2 aromatic carbocycles. The number of nitrogens with zero attached hydrogens (tertiary/aromatic N) is 1. The number of ether oxygens (including phenoxy) is 3. The van der Waals surface area contributed by atoms with E-state index in [1.807, 2.05) is 19.1 Å². The van der Waals surface area contributed by atoms with Gasteiger partial charge in [0.1, 0.15) is 5.75 Å². The molecule has 3 N–H and O–H groups in total. The summed E-state index contributed by atoms with van der Waals surface area (Å²) in [7, 11) is 3.14. The maximum absolute atomic E-state index is 11.5. The summed E-state index contributed by atoms with van der Waals surface area (Å²) in [5.74, 6) is 1.67. The highest BCUT2D eigenvalue weighted by atomic mass is 32.1. The molecule has 2 aromatic rings. The number of thiocarbonyl (C=S) groups is 1. The van der Waals surface area contributed by atoms with E-state index in [0.717, 1.165) is 11.3 Å². The summed E-state index contributed by atoms with van der Waals surface area (Å²) in [5.41, 5.74) is 5.67. The molecular formula is C19H20N4O4S. The molecule has 0 atom stereocenters. The zero-order valence-electron chi connectivity index (χ0n) is 15.7. The molecule has 8 nitrogen and oxygen atoms in total. The average Bonchev–Trinajstić information content (AvgIpc) is 2.71. The van der Waals surface area contributed by atoms with Crippen LogP contribution in [0, 0.1) is 0 Å². The van der Waals surface area contributed by atoms with Crippen molar-refractivity contribution in [1.82, 2.24) is 5.43 Å². The minimum atomic E-state index is -0.183. The normalized spacial score (nSPS) is 13.0. The standard InChI is InChI=1S/C19H20N4O4S/c1-11(12-4-6-15-14(8-12)21-18(24)10-27-15)22-23-19(28)20-13-5-7-16(25-2)17(9-13)26-3/h4-9H,10H2,1-3H3,(H,21,24)(H2,20,23,28)/b22-11-. The minimum Gasteiger partial charge on any atom is -0.493 e. The van der Waals surface area contributed by atoms with Crippen LogP contribution in [0.4, 0.5) is 11.4 Å². The fourth-order valence-electron chi connectivity index (χ4n) is 2.58. The van der Waals surface area contributed by atoms with Crippen molar-refractivity contribution in [1.29, 1.82) is 0 Å². The van der Waals surface area contributed by atoms with Gasteiger partial charge < -0.3 is 24.8 Å². The summed E-state index contributed by atoms with van der Waals surface area (Å²) in [6, 6.07) is 10.8. The second kappa shape index (κ2) is 8.57. The number of fused-ring (bicyclic) bond motifs is 1. The molecule has 28 heavy (non-hydrogen) atoms. The van der Waals surface area contributed by atoms with Crippen molar-refractivity contribution < 1.29 is 19.0 Å². The van der Waals surface area contributed by atoms with Crippen LogP contribution in [0.5, 0.6) is 17.2 Å². The molecule has 1 aliphatic rings. The van der Waals surface area contributed by atoms with Crippen molar-refractivity contribution in [3.8, 4) is 17.2 Å². The van der Waals surface area contributed by atoms with Crippen LogP contribution in [-0.4, -0.2) is 37.6 Å². The predicted octanol–water partition coefficient (Wildman–Crippen LogP) is 2.75. The highest BCUT2D eigenvalue weighted by molar-refractivity contribution is 7.80. The van der Waals surface area contributed by atoms with Crippen LogP contribution >= 0.6 is 12.2 Å². The number of benzene rings is 2. The van der Waals surface area contributed by atoms with E-state index in [1.165, 1.54) is 0 Å². The number of hydrazone groups is 1. The lowest BCUT2D eigenvalue weighted by Crippen LogP contribution is -2.26. The lowest BCUT2D eigenvalue weighted by Gasteiger charge is -2.18. The number of hydrogen-bond acceptors (Lipinski definition) is 6. The van der Waals surface area contributed by atoms with E-state index in [-0.39, 0.29) is 12.5 Å². The van der Waals surface area contributed by atoms with E-state index in [4.69, 9.17) is 26.4 Å². The Hall–Kier alpha value is -3.33. The Morgan fingerprint density at radius 2 is 1.96 bits per heavy atom. The molecule has 0 aromatic heterocycles. The fourth-order valence-corrected chi connectivity index (χ4v) is 2.74. The Morgan fingerprint density at radius 1 is 1.18 bits per heavy atom. The van der Waals surface area contributed by atoms with Crippen LogP contribution in [-0.2, 0) is 4.79 Å². The first-order valence-corrected chi connectivity index (χ1v) is 8.81. The summed E-state index contributed by atoms with van der Waals surface area (Å²) in [5, 5.41) is 10.4. The van der Waals surface area contributed by atoms with Crippen molar-refractivity contribution in [3.63, 3.8) is 0 Å². The van der Waals surface area contributed by atoms with Crippen LogP contribution in [0.2, 0.25) is 0 Å². The predicted molar refractivity (Wildman–Crippen MR) is 112 cm³/mol. The number of rotatable bonds is 5. The van der Waals surface area contributed by atoms with Gasteiger partial charge in [0.2, 0.25) is 0 Å². The Morgan fingerprint density at radius 3 is 2.71 bits per heavy atom. The molecule has 0 aliphatic carbocycles. The highest BCUT2D eigenvalue weighted by Gasteiger charge is 2.16. The molecule has 146 valence electrons. The molecule has 0 spiro atoms. The average molecular weight is 400 g/mol. The Balaban J connectivity index is 1.65. The van der Waals surface area contributed by atoms with E-state index >= 15 is 0 Å². The maximum Gasteiger partial charge on any atom is 0.262 e. The van der Waals surface area contributed by atoms with Crippen molar-refractivity contribution in [3.05, 3.63) is 42.0 Å². The molecule has 9 heteroatoms. The Kier molecular flexibility index (Phi) is 5.95. The molecular weight excluding hydrogens is 380 g/mol. The van der Waals surface area contributed by atoms with E-state index in [2.05, 4.69) is 21.2 Å². The number of anilines is 2. The first-order valence-electron chi connectivity index (χ1n) is 8.40. The van der Waals surface area contributed by atoms with E-state index in [1.54, 1.807) is 38.5 Å². The molecule has 0 unspecified atom stereocenters. The van der Waals surface area contributed by atoms with E-state index in [9.17, 15) is 4.79 Å². The summed E-state index contributed by atoms with van der Waals surface area (Å²) < 4.78 is 15.8. The van der Waals surface area contributed by atoms with Crippen LogP contribution in [0.25, 0.3) is 0 Å². The van der Waals surface area contributed by atoms with Gasteiger partial charge in [-0.15, -0.1) is 0 Å². The molecule has 0 saturated carbocycles. The van der Waals surface area contributed by atoms with Gasteiger partial charge in [-0.2, -0.15) is 5.10 Å². The number of amides is 1. The quantitative estimate of drug-likeness (QED) is 0.404. The SMILES string of the molecule is COc1ccc(NC(=S)N/N=C(/C)c2ccc3c(c2)NC(=O)CO3)cc1OC. The van der Waals surface area contributed by atoms with Crippen LogP contribution in [0.15, 0.2) is 41.5 Å². The topological polar surface area (TPSA) is 93.2 Å². The Labute approximate surface area is 167 Å². The van der Waals surface area contributed by atoms with Gasteiger partial charge in [-0.05, 0) is 55.0 Å². The molecule has 1 aliphatic heterocycles. The molecule has 1 heterocycles. The van der Waals surface area contributed by atoms with E-state index < -0.39 is 0 Å². The van der Waals surface area contributed by atoms with Gasteiger partial charge in [0.05, 0.1) is 25.6 Å². The summed E-state index contributed by atoms with van der Waals surface area (Å²) in [6.07, 6.45) is 0. The zero-order chi connectivity index (χ0) is 20.1. The van der Waals surface area contributed by atoms with Crippen molar-refractivity contribution in [2.75, 3.05) is 31.5 Å². The van der Waals surface area contributed by atoms with Crippen molar-refractivity contribution in [2.45, 2.75) is 6.92 Å². The second-order valence-electron chi connectivity index (χ2n) is 5.88. The third-order valence-corrected chi connectivity index (χ3v) is 4.19. The van der Waals surface area contributed by atoms with Crippen molar-refractivity contribution in [2.24, 2.45) is 5.10 Å². The Bertz CT molecular complexity index is 946. The van der Waals surface area contributed by atoms with Gasteiger partial charge in [-0.25, -0.2) is 0 Å². The van der Waals surface area contributed by atoms with Gasteiger partial charge in [-0.1, -0.05) is 0 Å². The third kappa shape index (κ3) is 4.49. The van der Waals surface area contributed by atoms with Crippen LogP contribution in [0.1, 0.15) is 12.5 Å². The van der Waals surface area contributed by atoms with Gasteiger partial charge in [0.15, 0.2) is 23.2 Å². The number of hydrogen-bond donors (Lipinski definition) is 3. The molecule has 3 rings (SSSR count). The molecule has 0 fully saturated rings. The summed E-state index contributed by atoms with van der Waals surface area (Å²) in [4.78, 5) is 11.5. The van der Waals surface area contributed by atoms with Gasteiger partial charge >= 0.3 is 0 Å². The van der Waals surface area contributed by atoms with Gasteiger partial charge in [0.25, 0.3) is 5.91 Å². The van der Waals surface area contributed by atoms with Crippen molar-refractivity contribution >= 4 is 40.3 Å². The lowest BCUT2D eigenvalue weighted by atomic mass is 10.1. The molecule has 0 saturated heterocycles. The smallest absolute Gasteiger partial charge is 0.262 e. The zero-order valence-corrected chi connectivity index (χ0v) is 16.5. The van der Waals surface area contributed by atoms with Gasteiger partial charge in [-0.3, -0.25) is 10.2 Å². The first-order chi connectivity index (χ1) is 13.5. The molecule has 1 amide bonds. The largest absolute Gasteiger partial charge is 0.493 e. The van der Waals surface area contributed by atoms with Gasteiger partial charge in [0, 0.05) is 11.8 Å². The number of nitrogens with one attached hydrogen (secondary N) is 3. The lowest BCUT2D eigenvalue weighted by molar-refractivity contribution is -0.118. The fraction of sp³-hybridized carbons (Fsp3) is 0.211. The van der Waals surface area contributed by atoms with Crippen LogP contribution < -0.4 is 30.3 Å². The summed E-state index contributed by atoms with van der Waals surface area (Å²) >= 11 is 5.28. The first kappa shape index (κ1) is 19.4. The van der Waals surface area contributed by atoms with E-state index in [0.29, 0.717) is 33.8 Å². The van der Waals surface area contributed by atoms with Crippen LogP contribution in [0.3, 0.4) is 0 Å². The monoisotopic (exact) mass is 400 g/mol. The number of methoxy groups -OCH3 is 2. The second-order valence-corrected chi connectivity index (χ2v) is 6.29. The number of carbonyl (C=O) groups is 1. The minimum absolute atomic E-state index is 0.0249.